The molecule has 0 aliphatic rings. The van der Waals surface area contributed by atoms with E-state index in [1.165, 1.54) is 12.1 Å². The van der Waals surface area contributed by atoms with Crippen molar-refractivity contribution in [1.82, 2.24) is 4.98 Å². The summed E-state index contributed by atoms with van der Waals surface area (Å²) in [5, 5.41) is 10.5. The zero-order valence-electron chi connectivity index (χ0n) is 9.95. The first-order chi connectivity index (χ1) is 9.19. The minimum atomic E-state index is -0.406. The van der Waals surface area contributed by atoms with Gasteiger partial charge in [0.15, 0.2) is 0 Å². The fraction of sp³-hybridized carbons (Fsp3) is 0.0833. The molecule has 1 aromatic carbocycles. The second-order valence-corrected chi connectivity index (χ2v) is 4.78. The number of nitro groups is 1. The number of hydrazine groups is 1. The van der Waals surface area contributed by atoms with Crippen molar-refractivity contribution in [2.75, 3.05) is 5.43 Å². The molecule has 1 heterocycles. The molecule has 0 aliphatic carbocycles. The normalized spacial score (nSPS) is 10.2. The SMILES string of the molecule is NNc1cc(CSc2ccc([N+](=O)[O-])cc2)ccn1. The molecule has 19 heavy (non-hydrogen) atoms. The largest absolute Gasteiger partial charge is 0.308 e. The molecule has 2 rings (SSSR count). The molecule has 0 saturated heterocycles. The summed E-state index contributed by atoms with van der Waals surface area (Å²) in [6, 6.07) is 10.2. The molecule has 0 saturated carbocycles. The number of pyridine rings is 1. The molecule has 6 nitrogen and oxygen atoms in total. The van der Waals surface area contributed by atoms with Gasteiger partial charge in [0.2, 0.25) is 0 Å². The number of benzene rings is 1. The van der Waals surface area contributed by atoms with Gasteiger partial charge in [-0.25, -0.2) is 10.8 Å². The van der Waals surface area contributed by atoms with Crippen LogP contribution < -0.4 is 11.3 Å². The summed E-state index contributed by atoms with van der Waals surface area (Å²) in [6.07, 6.45) is 1.68. The van der Waals surface area contributed by atoms with Crippen LogP contribution in [0.4, 0.5) is 11.5 Å². The molecular formula is C12H12N4O2S. The molecule has 0 radical (unpaired) electrons. The maximum Gasteiger partial charge on any atom is 0.269 e. The van der Waals surface area contributed by atoms with Gasteiger partial charge in [0.05, 0.1) is 4.92 Å². The molecule has 0 atom stereocenters. The van der Waals surface area contributed by atoms with Gasteiger partial charge in [-0.05, 0) is 29.8 Å². The Morgan fingerprint density at radius 3 is 2.68 bits per heavy atom. The van der Waals surface area contributed by atoms with Crippen LogP contribution in [0.1, 0.15) is 5.56 Å². The number of hydrogen-bond donors (Lipinski definition) is 2. The van der Waals surface area contributed by atoms with Gasteiger partial charge in [-0.2, -0.15) is 0 Å². The molecule has 0 aliphatic heterocycles. The average molecular weight is 276 g/mol. The van der Waals surface area contributed by atoms with Crippen LogP contribution in [0.5, 0.6) is 0 Å². The molecule has 0 amide bonds. The molecule has 0 fully saturated rings. The Hall–Kier alpha value is -2.12. The number of nitrogens with one attached hydrogen (secondary N) is 1. The quantitative estimate of drug-likeness (QED) is 0.377. The number of aromatic nitrogens is 1. The van der Waals surface area contributed by atoms with E-state index in [1.54, 1.807) is 30.1 Å². The molecule has 0 unspecified atom stereocenters. The highest BCUT2D eigenvalue weighted by molar-refractivity contribution is 7.98. The molecule has 0 spiro atoms. The van der Waals surface area contributed by atoms with Crippen molar-refractivity contribution in [2.24, 2.45) is 5.84 Å². The highest BCUT2D eigenvalue weighted by Crippen LogP contribution is 2.25. The van der Waals surface area contributed by atoms with Gasteiger partial charge < -0.3 is 5.43 Å². The Kier molecular flexibility index (Phi) is 4.32. The average Bonchev–Trinajstić information content (AvgIpc) is 2.46. The first-order valence-electron chi connectivity index (χ1n) is 5.48. The monoisotopic (exact) mass is 276 g/mol. The number of rotatable bonds is 5. The summed E-state index contributed by atoms with van der Waals surface area (Å²) < 4.78 is 0. The Labute approximate surface area is 114 Å². The van der Waals surface area contributed by atoms with E-state index in [-0.39, 0.29) is 5.69 Å². The highest BCUT2D eigenvalue weighted by Gasteiger charge is 2.04. The van der Waals surface area contributed by atoms with E-state index < -0.39 is 4.92 Å². The van der Waals surface area contributed by atoms with Crippen LogP contribution in [-0.2, 0) is 5.75 Å². The van der Waals surface area contributed by atoms with E-state index in [2.05, 4.69) is 10.4 Å². The lowest BCUT2D eigenvalue weighted by Crippen LogP contribution is -2.08. The Morgan fingerprint density at radius 2 is 2.05 bits per heavy atom. The van der Waals surface area contributed by atoms with Gasteiger partial charge in [-0.3, -0.25) is 10.1 Å². The first kappa shape index (κ1) is 13.3. The highest BCUT2D eigenvalue weighted by atomic mass is 32.2. The van der Waals surface area contributed by atoms with Gasteiger partial charge >= 0.3 is 0 Å². The topological polar surface area (TPSA) is 94.1 Å². The molecule has 98 valence electrons. The number of hydrogen-bond acceptors (Lipinski definition) is 6. The Bertz CT molecular complexity index is 574. The van der Waals surface area contributed by atoms with Crippen molar-refractivity contribution in [3.05, 3.63) is 58.3 Å². The third kappa shape index (κ3) is 3.67. The van der Waals surface area contributed by atoms with Gasteiger partial charge in [-0.15, -0.1) is 11.8 Å². The van der Waals surface area contributed by atoms with E-state index >= 15 is 0 Å². The maximum atomic E-state index is 10.5. The third-order valence-corrected chi connectivity index (χ3v) is 3.51. The minimum absolute atomic E-state index is 0.0999. The molecule has 0 bridgehead atoms. The van der Waals surface area contributed by atoms with Gasteiger partial charge in [-0.1, -0.05) is 0 Å². The van der Waals surface area contributed by atoms with Crippen LogP contribution in [-0.4, -0.2) is 9.91 Å². The van der Waals surface area contributed by atoms with Crippen molar-refractivity contribution in [3.63, 3.8) is 0 Å². The molecule has 1 aromatic heterocycles. The molecular weight excluding hydrogens is 264 g/mol. The Morgan fingerprint density at radius 1 is 1.32 bits per heavy atom. The first-order valence-corrected chi connectivity index (χ1v) is 6.46. The van der Waals surface area contributed by atoms with E-state index in [1.807, 2.05) is 12.1 Å². The maximum absolute atomic E-state index is 10.5. The van der Waals surface area contributed by atoms with Crippen molar-refractivity contribution < 1.29 is 4.92 Å². The minimum Gasteiger partial charge on any atom is -0.308 e. The second kappa shape index (κ2) is 6.17. The predicted molar refractivity (Wildman–Crippen MR) is 74.7 cm³/mol. The molecule has 2 aromatic rings. The number of non-ortho nitro benzene ring substituents is 1. The zero-order valence-corrected chi connectivity index (χ0v) is 10.8. The van der Waals surface area contributed by atoms with Crippen molar-refractivity contribution in [2.45, 2.75) is 10.6 Å². The van der Waals surface area contributed by atoms with Crippen LogP contribution >= 0.6 is 11.8 Å². The number of anilines is 1. The fourth-order valence-corrected chi connectivity index (χ4v) is 2.32. The number of nitrogens with zero attached hydrogens (tertiary/aromatic N) is 2. The smallest absolute Gasteiger partial charge is 0.269 e. The number of nitrogens with two attached hydrogens (primary N) is 1. The number of nitro benzene ring substituents is 1. The lowest BCUT2D eigenvalue weighted by atomic mass is 10.3. The molecule has 3 N–H and O–H groups in total. The second-order valence-electron chi connectivity index (χ2n) is 3.73. The van der Waals surface area contributed by atoms with Crippen LogP contribution in [0.15, 0.2) is 47.5 Å². The van der Waals surface area contributed by atoms with E-state index in [0.717, 1.165) is 16.2 Å². The molecule has 7 heteroatoms. The van der Waals surface area contributed by atoms with Gasteiger partial charge in [0, 0.05) is 29.0 Å². The van der Waals surface area contributed by atoms with Crippen molar-refractivity contribution >= 4 is 23.3 Å². The van der Waals surface area contributed by atoms with Crippen LogP contribution in [0, 0.1) is 10.1 Å². The van der Waals surface area contributed by atoms with E-state index in [9.17, 15) is 10.1 Å². The lowest BCUT2D eigenvalue weighted by molar-refractivity contribution is -0.384. The number of thioether (sulfide) groups is 1. The standard InChI is InChI=1S/C12H12N4O2S/c13-15-12-7-9(5-6-14-12)8-19-11-3-1-10(2-4-11)16(17)18/h1-7H,8,13H2,(H,14,15). The summed E-state index contributed by atoms with van der Waals surface area (Å²) in [5.41, 5.74) is 3.67. The predicted octanol–water partition coefficient (Wildman–Crippen LogP) is 2.57. The summed E-state index contributed by atoms with van der Waals surface area (Å²) in [6.45, 7) is 0. The van der Waals surface area contributed by atoms with Crippen LogP contribution in [0.25, 0.3) is 0 Å². The van der Waals surface area contributed by atoms with E-state index in [4.69, 9.17) is 5.84 Å². The fourth-order valence-electron chi connectivity index (χ4n) is 1.47. The van der Waals surface area contributed by atoms with Crippen LogP contribution in [0.2, 0.25) is 0 Å². The van der Waals surface area contributed by atoms with Gasteiger partial charge in [0.25, 0.3) is 5.69 Å². The summed E-state index contributed by atoms with van der Waals surface area (Å²) in [5.74, 6) is 6.65. The lowest BCUT2D eigenvalue weighted by Gasteiger charge is -2.04. The van der Waals surface area contributed by atoms with E-state index in [0.29, 0.717) is 5.82 Å². The third-order valence-electron chi connectivity index (χ3n) is 2.43. The number of nitrogen functional groups attached to an aromatic ring is 1. The van der Waals surface area contributed by atoms with Crippen LogP contribution in [0.3, 0.4) is 0 Å². The summed E-state index contributed by atoms with van der Waals surface area (Å²) in [4.78, 5) is 15.1. The summed E-state index contributed by atoms with van der Waals surface area (Å²) in [7, 11) is 0. The summed E-state index contributed by atoms with van der Waals surface area (Å²) >= 11 is 1.59. The van der Waals surface area contributed by atoms with Crippen molar-refractivity contribution in [3.8, 4) is 0 Å². The zero-order chi connectivity index (χ0) is 13.7. The van der Waals surface area contributed by atoms with Crippen molar-refractivity contribution in [1.29, 1.82) is 0 Å². The van der Waals surface area contributed by atoms with Gasteiger partial charge in [0.1, 0.15) is 5.82 Å². The Balaban J connectivity index is 1.99.